The van der Waals surface area contributed by atoms with Gasteiger partial charge in [0.1, 0.15) is 0 Å². The first-order valence-corrected chi connectivity index (χ1v) is 21.8. The molecule has 0 saturated carbocycles. The van der Waals surface area contributed by atoms with E-state index in [4.69, 9.17) is 0 Å². The molecule has 6 rings (SSSR count). The molecule has 0 fully saturated rings. The van der Waals surface area contributed by atoms with Crippen LogP contribution in [0.5, 0.6) is 0 Å². The van der Waals surface area contributed by atoms with Gasteiger partial charge in [-0.05, 0) is 47.5 Å². The number of rotatable bonds is 6. The minimum Gasteiger partial charge on any atom is -0.316 e. The monoisotopic (exact) mass is 570 g/mol. The minimum atomic E-state index is -1.50. The lowest BCUT2D eigenvalue weighted by Gasteiger charge is -2.26. The summed E-state index contributed by atoms with van der Waals surface area (Å²) in [6.45, 7) is 19.5. The molecule has 2 nitrogen and oxygen atoms in total. The molecule has 41 heavy (non-hydrogen) atoms. The zero-order valence-electron chi connectivity index (χ0n) is 25.8. The molecule has 0 radical (unpaired) electrons. The number of fused-ring (bicyclic) bond motifs is 2. The molecule has 0 unspecified atom stereocenters. The van der Waals surface area contributed by atoms with Crippen LogP contribution in [0, 0.1) is 0 Å². The molecule has 2 aromatic heterocycles. The number of hydrogen-bond donors (Lipinski definition) is 0. The standard InChI is InChI=1S/C37H42N2Si2/c1-37(2,33-25-38(27-15-11-9-12-16-27)35-21-19-29(23-31(33)35)40(3,4)5)34-26-39(28-17-13-10-14-18-28)36-22-20-30(24-32(34)36)41(6,7)8/h9-26H,1-8H3. The van der Waals surface area contributed by atoms with Crippen molar-refractivity contribution < 1.29 is 0 Å². The molecule has 0 spiro atoms. The topological polar surface area (TPSA) is 9.86 Å². The maximum absolute atomic E-state index is 2.50. The smallest absolute Gasteiger partial charge is 0.0776 e. The Morgan fingerprint density at radius 3 is 1.20 bits per heavy atom. The molecule has 0 aliphatic rings. The summed E-state index contributed by atoms with van der Waals surface area (Å²) >= 11 is 0. The van der Waals surface area contributed by atoms with Gasteiger partial charge in [-0.3, -0.25) is 0 Å². The van der Waals surface area contributed by atoms with Crippen LogP contribution in [0.2, 0.25) is 39.3 Å². The normalized spacial score (nSPS) is 12.9. The Morgan fingerprint density at radius 1 is 0.488 bits per heavy atom. The Labute approximate surface area is 247 Å². The third kappa shape index (κ3) is 4.83. The molecular formula is C37H42N2Si2. The fourth-order valence-corrected chi connectivity index (χ4v) is 8.46. The highest BCUT2D eigenvalue weighted by molar-refractivity contribution is 6.89. The van der Waals surface area contributed by atoms with Crippen LogP contribution in [0.1, 0.15) is 25.0 Å². The largest absolute Gasteiger partial charge is 0.316 e. The summed E-state index contributed by atoms with van der Waals surface area (Å²) in [5.74, 6) is 0. The second-order valence-corrected chi connectivity index (χ2v) is 24.2. The van der Waals surface area contributed by atoms with Crippen molar-refractivity contribution in [2.75, 3.05) is 0 Å². The Hall–Kier alpha value is -3.61. The van der Waals surface area contributed by atoms with Gasteiger partial charge in [-0.15, -0.1) is 0 Å². The Kier molecular flexibility index (Phi) is 6.55. The van der Waals surface area contributed by atoms with Gasteiger partial charge in [0.2, 0.25) is 0 Å². The number of aromatic nitrogens is 2. The number of para-hydroxylation sites is 2. The predicted octanol–water partition coefficient (Wildman–Crippen LogP) is 8.99. The quantitative estimate of drug-likeness (QED) is 0.177. The number of hydrogen-bond acceptors (Lipinski definition) is 0. The highest BCUT2D eigenvalue weighted by Gasteiger charge is 2.32. The van der Waals surface area contributed by atoms with Crippen LogP contribution < -0.4 is 10.4 Å². The number of benzene rings is 4. The Balaban J connectivity index is 1.66. The first-order chi connectivity index (χ1) is 19.4. The SMILES string of the molecule is CC(C)(c1cn(-c2ccccc2)c2ccc([Si](C)(C)C)cc12)c1cn(-c2ccccc2)c2ccc([Si](C)(C)C)cc12. The fourth-order valence-electron chi connectivity index (χ4n) is 6.14. The minimum absolute atomic E-state index is 0.229. The number of nitrogens with zero attached hydrogens (tertiary/aromatic N) is 2. The van der Waals surface area contributed by atoms with Gasteiger partial charge in [-0.1, -0.05) is 124 Å². The van der Waals surface area contributed by atoms with Crippen LogP contribution in [-0.4, -0.2) is 25.3 Å². The Morgan fingerprint density at radius 2 is 0.854 bits per heavy atom. The lowest BCUT2D eigenvalue weighted by Crippen LogP contribution is -2.37. The maximum atomic E-state index is 2.50. The molecule has 0 amide bonds. The van der Waals surface area contributed by atoms with Crippen LogP contribution >= 0.6 is 0 Å². The molecule has 0 aliphatic carbocycles. The first kappa shape index (κ1) is 27.6. The molecular weight excluding hydrogens is 529 g/mol. The molecule has 2 heterocycles. The molecule has 208 valence electrons. The molecule has 0 N–H and O–H groups in total. The summed E-state index contributed by atoms with van der Waals surface area (Å²) in [4.78, 5) is 0. The zero-order valence-corrected chi connectivity index (χ0v) is 27.8. The van der Waals surface area contributed by atoms with Gasteiger partial charge in [-0.25, -0.2) is 0 Å². The highest BCUT2D eigenvalue weighted by Crippen LogP contribution is 2.42. The van der Waals surface area contributed by atoms with Gasteiger partial charge in [0.05, 0.1) is 27.2 Å². The van der Waals surface area contributed by atoms with E-state index < -0.39 is 16.1 Å². The van der Waals surface area contributed by atoms with E-state index in [1.54, 1.807) is 0 Å². The summed E-state index contributed by atoms with van der Waals surface area (Å²) in [6.07, 6.45) is 4.81. The molecule has 4 aromatic carbocycles. The predicted molar refractivity (Wildman–Crippen MR) is 185 cm³/mol. The van der Waals surface area contributed by atoms with Crippen molar-refractivity contribution in [3.63, 3.8) is 0 Å². The molecule has 0 atom stereocenters. The van der Waals surface area contributed by atoms with Crippen LogP contribution in [0.4, 0.5) is 0 Å². The van der Waals surface area contributed by atoms with Gasteiger partial charge in [0.15, 0.2) is 0 Å². The van der Waals surface area contributed by atoms with Crippen molar-refractivity contribution >= 4 is 48.3 Å². The van der Waals surface area contributed by atoms with E-state index in [0.717, 1.165) is 0 Å². The van der Waals surface area contributed by atoms with E-state index >= 15 is 0 Å². The third-order valence-electron chi connectivity index (χ3n) is 8.76. The molecule has 6 aromatic rings. The van der Waals surface area contributed by atoms with Crippen LogP contribution in [0.15, 0.2) is 109 Å². The molecule has 0 bridgehead atoms. The van der Waals surface area contributed by atoms with Gasteiger partial charge >= 0.3 is 0 Å². The van der Waals surface area contributed by atoms with Crippen molar-refractivity contribution in [3.05, 3.63) is 121 Å². The highest BCUT2D eigenvalue weighted by atomic mass is 28.3. The van der Waals surface area contributed by atoms with Gasteiger partial charge in [0, 0.05) is 40.0 Å². The van der Waals surface area contributed by atoms with E-state index in [-0.39, 0.29) is 5.41 Å². The van der Waals surface area contributed by atoms with Crippen molar-refractivity contribution in [1.82, 2.24) is 9.13 Å². The Bertz CT molecular complexity index is 1720. The summed E-state index contributed by atoms with van der Waals surface area (Å²) in [5, 5.41) is 5.72. The van der Waals surface area contributed by atoms with Gasteiger partial charge in [0.25, 0.3) is 0 Å². The summed E-state index contributed by atoms with van der Waals surface area (Å²) in [7, 11) is -3.01. The molecule has 0 saturated heterocycles. The third-order valence-corrected chi connectivity index (χ3v) is 12.8. The second-order valence-electron chi connectivity index (χ2n) is 14.1. The van der Waals surface area contributed by atoms with Crippen molar-refractivity contribution in [2.45, 2.75) is 58.5 Å². The van der Waals surface area contributed by atoms with E-state index in [1.165, 1.54) is 54.7 Å². The molecule has 0 aliphatic heterocycles. The van der Waals surface area contributed by atoms with E-state index in [0.29, 0.717) is 0 Å². The van der Waals surface area contributed by atoms with Crippen molar-refractivity contribution in [3.8, 4) is 11.4 Å². The van der Waals surface area contributed by atoms with Crippen LogP contribution in [-0.2, 0) is 5.41 Å². The van der Waals surface area contributed by atoms with Crippen molar-refractivity contribution in [1.29, 1.82) is 0 Å². The lowest BCUT2D eigenvalue weighted by atomic mass is 9.78. The van der Waals surface area contributed by atoms with E-state index in [2.05, 4.69) is 172 Å². The summed E-state index contributed by atoms with van der Waals surface area (Å²) in [6, 6.07) is 36.0. The average Bonchev–Trinajstić information content (AvgIpc) is 3.52. The first-order valence-electron chi connectivity index (χ1n) is 14.8. The fraction of sp³-hybridized carbons (Fsp3) is 0.243. The summed E-state index contributed by atoms with van der Waals surface area (Å²) in [5.41, 5.74) is 7.48. The van der Waals surface area contributed by atoms with Crippen LogP contribution in [0.3, 0.4) is 0 Å². The van der Waals surface area contributed by atoms with Gasteiger partial charge in [-0.2, -0.15) is 0 Å². The maximum Gasteiger partial charge on any atom is 0.0776 e. The average molecular weight is 571 g/mol. The van der Waals surface area contributed by atoms with E-state index in [9.17, 15) is 0 Å². The lowest BCUT2D eigenvalue weighted by molar-refractivity contribution is 0.650. The molecule has 4 heteroatoms. The second kappa shape index (κ2) is 9.75. The summed E-state index contributed by atoms with van der Waals surface area (Å²) < 4.78 is 4.79. The van der Waals surface area contributed by atoms with E-state index in [1.807, 2.05) is 0 Å². The van der Waals surface area contributed by atoms with Crippen LogP contribution in [0.25, 0.3) is 33.2 Å². The zero-order chi connectivity index (χ0) is 29.2. The van der Waals surface area contributed by atoms with Crippen molar-refractivity contribution in [2.24, 2.45) is 0 Å². The van der Waals surface area contributed by atoms with Gasteiger partial charge < -0.3 is 9.13 Å².